The molecule has 1 N–H and O–H groups in total. The van der Waals surface area contributed by atoms with Crippen LogP contribution in [0, 0.1) is 0 Å². The van der Waals surface area contributed by atoms with Crippen molar-refractivity contribution in [2.75, 3.05) is 0 Å². The first-order valence-electron chi connectivity index (χ1n) is 4.18. The van der Waals surface area contributed by atoms with Crippen LogP contribution in [0.15, 0.2) is 29.4 Å². The number of nitrogens with zero attached hydrogens (tertiary/aromatic N) is 3. The quantitative estimate of drug-likeness (QED) is 0.466. The summed E-state index contributed by atoms with van der Waals surface area (Å²) >= 11 is 0. The minimum Gasteiger partial charge on any atom is -0.479 e. The number of aliphatic carboxylic acids is 1. The van der Waals surface area contributed by atoms with Gasteiger partial charge in [-0.15, -0.1) is 0 Å². The fraction of sp³-hybridized carbons (Fsp3) is 0.222. The van der Waals surface area contributed by atoms with Gasteiger partial charge in [0, 0.05) is 10.6 Å². The van der Waals surface area contributed by atoms with Crippen LogP contribution in [-0.2, 0) is 4.79 Å². The van der Waals surface area contributed by atoms with Gasteiger partial charge in [-0.3, -0.25) is 0 Å². The Kier molecular flexibility index (Phi) is 3.54. The molecule has 0 amide bonds. The Bertz CT molecular complexity index is 396. The summed E-state index contributed by atoms with van der Waals surface area (Å²) in [5.74, 6) is -0.615. The molecule has 0 aliphatic heterocycles. The van der Waals surface area contributed by atoms with E-state index < -0.39 is 12.1 Å². The van der Waals surface area contributed by atoms with Crippen LogP contribution < -0.4 is 4.74 Å². The van der Waals surface area contributed by atoms with Crippen molar-refractivity contribution in [1.82, 2.24) is 0 Å². The second-order valence-corrected chi connectivity index (χ2v) is 2.78. The molecule has 0 bridgehead atoms. The summed E-state index contributed by atoms with van der Waals surface area (Å²) in [5.41, 5.74) is 8.61. The number of hydrogen-bond acceptors (Lipinski definition) is 3. The minimum absolute atomic E-state index is 0.418. The highest BCUT2D eigenvalue weighted by Crippen LogP contribution is 2.19. The number of benzene rings is 1. The monoisotopic (exact) mass is 207 g/mol. The van der Waals surface area contributed by atoms with E-state index in [4.69, 9.17) is 15.4 Å². The average Bonchev–Trinajstić information content (AvgIpc) is 2.21. The van der Waals surface area contributed by atoms with Crippen molar-refractivity contribution in [2.45, 2.75) is 13.0 Å². The molecule has 1 aromatic carbocycles. The van der Waals surface area contributed by atoms with Crippen LogP contribution in [0.5, 0.6) is 5.75 Å². The number of carboxylic acids is 1. The third-order valence-corrected chi connectivity index (χ3v) is 1.66. The summed E-state index contributed by atoms with van der Waals surface area (Å²) in [6.07, 6.45) is -0.907. The number of rotatable bonds is 4. The Morgan fingerprint density at radius 1 is 1.53 bits per heavy atom. The van der Waals surface area contributed by atoms with Crippen LogP contribution in [0.1, 0.15) is 6.92 Å². The van der Waals surface area contributed by atoms with Gasteiger partial charge in [-0.25, -0.2) is 4.79 Å². The maximum Gasteiger partial charge on any atom is 0.344 e. The first-order chi connectivity index (χ1) is 7.13. The van der Waals surface area contributed by atoms with Crippen LogP contribution >= 0.6 is 0 Å². The van der Waals surface area contributed by atoms with Gasteiger partial charge < -0.3 is 9.84 Å². The number of azide groups is 1. The number of carbonyl (C=O) groups is 1. The molecule has 1 rings (SSSR count). The second-order valence-electron chi connectivity index (χ2n) is 2.78. The molecule has 1 aromatic rings. The first kappa shape index (κ1) is 10.9. The summed E-state index contributed by atoms with van der Waals surface area (Å²) < 4.78 is 5.07. The Morgan fingerprint density at radius 3 is 2.60 bits per heavy atom. The van der Waals surface area contributed by atoms with E-state index in [9.17, 15) is 4.79 Å². The van der Waals surface area contributed by atoms with E-state index in [-0.39, 0.29) is 0 Å². The lowest BCUT2D eigenvalue weighted by Crippen LogP contribution is -2.22. The topological polar surface area (TPSA) is 95.3 Å². The van der Waals surface area contributed by atoms with Crippen LogP contribution in [0.25, 0.3) is 10.4 Å². The third-order valence-electron chi connectivity index (χ3n) is 1.66. The van der Waals surface area contributed by atoms with Gasteiger partial charge in [0.2, 0.25) is 0 Å². The summed E-state index contributed by atoms with van der Waals surface area (Å²) in [4.78, 5) is 13.1. The highest BCUT2D eigenvalue weighted by atomic mass is 16.5. The van der Waals surface area contributed by atoms with E-state index in [0.717, 1.165) is 0 Å². The number of hydrogen-bond donors (Lipinski definition) is 1. The second kappa shape index (κ2) is 4.88. The Hall–Kier alpha value is -2.20. The zero-order valence-electron chi connectivity index (χ0n) is 7.99. The van der Waals surface area contributed by atoms with Crippen molar-refractivity contribution in [3.8, 4) is 5.75 Å². The van der Waals surface area contributed by atoms with E-state index >= 15 is 0 Å². The summed E-state index contributed by atoms with van der Waals surface area (Å²) in [6.45, 7) is 1.43. The van der Waals surface area contributed by atoms with E-state index in [1.165, 1.54) is 6.92 Å². The van der Waals surface area contributed by atoms with Crippen LogP contribution in [0.4, 0.5) is 5.69 Å². The Labute approximate surface area is 85.7 Å². The molecule has 0 heterocycles. The molecule has 1 atom stereocenters. The lowest BCUT2D eigenvalue weighted by atomic mass is 10.3. The van der Waals surface area contributed by atoms with Crippen molar-refractivity contribution in [3.63, 3.8) is 0 Å². The van der Waals surface area contributed by atoms with Crippen molar-refractivity contribution in [2.24, 2.45) is 5.11 Å². The molecular weight excluding hydrogens is 198 g/mol. The smallest absolute Gasteiger partial charge is 0.344 e. The minimum atomic E-state index is -1.03. The van der Waals surface area contributed by atoms with Crippen molar-refractivity contribution >= 4 is 11.7 Å². The molecule has 0 spiro atoms. The van der Waals surface area contributed by atoms with Gasteiger partial charge in [-0.05, 0) is 36.7 Å². The SMILES string of the molecule is CC(Oc1ccc(N=[N+]=[N-])cc1)C(=O)O. The van der Waals surface area contributed by atoms with Crippen LogP contribution in [-0.4, -0.2) is 17.2 Å². The highest BCUT2D eigenvalue weighted by molar-refractivity contribution is 5.72. The zero-order valence-corrected chi connectivity index (χ0v) is 7.99. The predicted molar refractivity (Wildman–Crippen MR) is 53.0 cm³/mol. The van der Waals surface area contributed by atoms with Crippen LogP contribution in [0.3, 0.4) is 0 Å². The van der Waals surface area contributed by atoms with Gasteiger partial charge >= 0.3 is 5.97 Å². The van der Waals surface area contributed by atoms with E-state index in [1.54, 1.807) is 24.3 Å². The highest BCUT2D eigenvalue weighted by Gasteiger charge is 2.11. The summed E-state index contributed by atoms with van der Waals surface area (Å²) in [7, 11) is 0. The Morgan fingerprint density at radius 2 is 2.13 bits per heavy atom. The lowest BCUT2D eigenvalue weighted by molar-refractivity contribution is -0.144. The van der Waals surface area contributed by atoms with E-state index in [1.807, 2.05) is 0 Å². The summed E-state index contributed by atoms with van der Waals surface area (Å²) in [6, 6.07) is 6.18. The predicted octanol–water partition coefficient (Wildman–Crippen LogP) is 2.48. The third kappa shape index (κ3) is 3.21. The first-order valence-corrected chi connectivity index (χ1v) is 4.18. The lowest BCUT2D eigenvalue weighted by Gasteiger charge is -2.09. The maximum absolute atomic E-state index is 10.5. The molecule has 0 saturated heterocycles. The molecule has 0 aromatic heterocycles. The molecule has 0 radical (unpaired) electrons. The fourth-order valence-electron chi connectivity index (χ4n) is 0.898. The molecule has 15 heavy (non-hydrogen) atoms. The molecule has 0 aliphatic carbocycles. The maximum atomic E-state index is 10.5. The summed E-state index contributed by atoms with van der Waals surface area (Å²) in [5, 5.41) is 12.0. The van der Waals surface area contributed by atoms with E-state index in [2.05, 4.69) is 10.0 Å². The zero-order chi connectivity index (χ0) is 11.3. The molecule has 0 aliphatic rings. The number of carboxylic acid groups (broad SMARTS) is 1. The molecular formula is C9H9N3O3. The van der Waals surface area contributed by atoms with Crippen molar-refractivity contribution < 1.29 is 14.6 Å². The molecule has 0 saturated carbocycles. The molecule has 0 fully saturated rings. The van der Waals surface area contributed by atoms with Crippen molar-refractivity contribution in [1.29, 1.82) is 0 Å². The molecule has 6 heteroatoms. The molecule has 1 unspecified atom stereocenters. The fourth-order valence-corrected chi connectivity index (χ4v) is 0.898. The van der Waals surface area contributed by atoms with Crippen molar-refractivity contribution in [3.05, 3.63) is 34.7 Å². The van der Waals surface area contributed by atoms with Crippen LogP contribution in [0.2, 0.25) is 0 Å². The molecule has 6 nitrogen and oxygen atoms in total. The van der Waals surface area contributed by atoms with Gasteiger partial charge in [0.05, 0.1) is 0 Å². The van der Waals surface area contributed by atoms with Gasteiger partial charge in [-0.1, -0.05) is 5.11 Å². The van der Waals surface area contributed by atoms with Gasteiger partial charge in [0.1, 0.15) is 5.75 Å². The largest absolute Gasteiger partial charge is 0.479 e. The van der Waals surface area contributed by atoms with E-state index in [0.29, 0.717) is 11.4 Å². The molecule has 78 valence electrons. The Balaban J connectivity index is 2.72. The van der Waals surface area contributed by atoms with Gasteiger partial charge in [0.25, 0.3) is 0 Å². The number of ether oxygens (including phenoxy) is 1. The van der Waals surface area contributed by atoms with Gasteiger partial charge in [0.15, 0.2) is 6.10 Å². The van der Waals surface area contributed by atoms with Gasteiger partial charge in [-0.2, -0.15) is 0 Å². The average molecular weight is 207 g/mol. The normalized spacial score (nSPS) is 11.3. The standard InChI is InChI=1S/C9H9N3O3/c1-6(9(13)14)15-8-4-2-7(3-5-8)11-12-10/h2-6H,1H3,(H,13,14).